The molecular weight excluding hydrogens is 436 g/mol. The van der Waals surface area contributed by atoms with Crippen molar-refractivity contribution in [2.24, 2.45) is 5.92 Å². The molecule has 2 aromatic carbocycles. The van der Waals surface area contributed by atoms with Gasteiger partial charge < -0.3 is 14.7 Å². The summed E-state index contributed by atoms with van der Waals surface area (Å²) in [6.07, 6.45) is 0.835. The number of rotatable bonds is 8. The van der Waals surface area contributed by atoms with Crippen molar-refractivity contribution in [3.63, 3.8) is 0 Å². The zero-order chi connectivity index (χ0) is 21.8. The van der Waals surface area contributed by atoms with E-state index in [2.05, 4.69) is 0 Å². The summed E-state index contributed by atoms with van der Waals surface area (Å²) in [5.74, 6) is 0.505. The van der Waals surface area contributed by atoms with Crippen molar-refractivity contribution in [2.45, 2.75) is 18.4 Å². The predicted molar refractivity (Wildman–Crippen MR) is 126 cm³/mol. The van der Waals surface area contributed by atoms with Gasteiger partial charge in [0.15, 0.2) is 0 Å². The summed E-state index contributed by atoms with van der Waals surface area (Å²) in [5, 5.41) is 11.7. The van der Waals surface area contributed by atoms with Crippen molar-refractivity contribution in [2.75, 3.05) is 46.6 Å². The molecule has 2 atom stereocenters. The average Bonchev–Trinajstić information content (AvgIpc) is 2.74. The largest absolute Gasteiger partial charge is 0.497 e. The molecule has 0 aliphatic carbocycles. The molecule has 1 N–H and O–H groups in total. The van der Waals surface area contributed by atoms with E-state index in [9.17, 15) is 13.5 Å². The van der Waals surface area contributed by atoms with Crippen molar-refractivity contribution >= 4 is 22.4 Å². The Labute approximate surface area is 192 Å². The molecule has 0 amide bonds. The summed E-state index contributed by atoms with van der Waals surface area (Å²) in [7, 11) is 2.06. The van der Waals surface area contributed by atoms with Crippen LogP contribution >= 0.6 is 12.4 Å². The minimum Gasteiger partial charge on any atom is -0.497 e. The molecule has 0 bridgehead atoms. The van der Waals surface area contributed by atoms with Crippen molar-refractivity contribution in [3.05, 3.63) is 65.7 Å². The van der Waals surface area contributed by atoms with Crippen molar-refractivity contribution in [1.29, 1.82) is 0 Å². The van der Waals surface area contributed by atoms with Crippen LogP contribution in [0.2, 0.25) is 0 Å². The minimum absolute atomic E-state index is 0. The molecule has 0 spiro atoms. The number of ether oxygens (including phenoxy) is 1. The number of aryl methyl sites for hydroxylation is 1. The van der Waals surface area contributed by atoms with Gasteiger partial charge in [0.1, 0.15) is 5.75 Å². The maximum atomic E-state index is 13.0. The first-order chi connectivity index (χ1) is 14.2. The van der Waals surface area contributed by atoms with Crippen molar-refractivity contribution in [3.8, 4) is 5.75 Å². The van der Waals surface area contributed by atoms with Gasteiger partial charge >= 0.3 is 0 Å². The van der Waals surface area contributed by atoms with Gasteiger partial charge in [0.2, 0.25) is 10.0 Å². The fourth-order valence-electron chi connectivity index (χ4n) is 4.18. The molecule has 1 fully saturated rings. The fourth-order valence-corrected chi connectivity index (χ4v) is 5.71. The molecule has 2 unspecified atom stereocenters. The van der Waals surface area contributed by atoms with E-state index in [0.717, 1.165) is 11.1 Å². The number of nitrogens with zero attached hydrogens (tertiary/aromatic N) is 2. The van der Waals surface area contributed by atoms with E-state index in [4.69, 9.17) is 4.74 Å². The van der Waals surface area contributed by atoms with E-state index in [1.54, 1.807) is 11.4 Å². The second-order valence-electron chi connectivity index (χ2n) is 8.28. The smallest absolute Gasteiger partial charge is 0.214 e. The zero-order valence-corrected chi connectivity index (χ0v) is 20.0. The first-order valence-electron chi connectivity index (χ1n) is 10.3. The number of hydrogen-bond donors (Lipinski definition) is 1. The molecule has 31 heavy (non-hydrogen) atoms. The van der Waals surface area contributed by atoms with Crippen LogP contribution in [0.3, 0.4) is 0 Å². The molecule has 1 saturated heterocycles. The third kappa shape index (κ3) is 6.20. The summed E-state index contributed by atoms with van der Waals surface area (Å²) in [4.78, 5) is 2.00. The summed E-state index contributed by atoms with van der Waals surface area (Å²) < 4.78 is 33.0. The van der Waals surface area contributed by atoms with Crippen LogP contribution in [0.5, 0.6) is 5.75 Å². The summed E-state index contributed by atoms with van der Waals surface area (Å²) in [5.41, 5.74) is 0.676. The highest BCUT2D eigenvalue weighted by atomic mass is 35.5. The molecule has 0 aromatic heterocycles. The van der Waals surface area contributed by atoms with Gasteiger partial charge in [-0.2, -0.15) is 0 Å². The van der Waals surface area contributed by atoms with Gasteiger partial charge in [-0.1, -0.05) is 42.5 Å². The normalized spacial score (nSPS) is 22.2. The molecule has 1 aliphatic rings. The highest BCUT2D eigenvalue weighted by Crippen LogP contribution is 2.39. The summed E-state index contributed by atoms with van der Waals surface area (Å²) in [6.45, 7) is 1.18. The number of methoxy groups -OCH3 is 1. The third-order valence-corrected chi connectivity index (χ3v) is 7.72. The van der Waals surface area contributed by atoms with Gasteiger partial charge in [0.25, 0.3) is 0 Å². The van der Waals surface area contributed by atoms with E-state index in [1.165, 1.54) is 0 Å². The number of aliphatic hydroxyl groups is 1. The van der Waals surface area contributed by atoms with Crippen LogP contribution in [0.15, 0.2) is 54.6 Å². The van der Waals surface area contributed by atoms with Gasteiger partial charge in [0.05, 0.1) is 18.5 Å². The second-order valence-corrected chi connectivity index (χ2v) is 10.4. The first-order valence-corrected chi connectivity index (χ1v) is 11.9. The van der Waals surface area contributed by atoms with Crippen LogP contribution in [-0.2, 0) is 22.0 Å². The molecule has 8 heteroatoms. The van der Waals surface area contributed by atoms with Gasteiger partial charge in [-0.3, -0.25) is 0 Å². The first kappa shape index (κ1) is 25.6. The molecule has 3 rings (SSSR count). The van der Waals surface area contributed by atoms with Crippen LogP contribution in [0.25, 0.3) is 0 Å². The summed E-state index contributed by atoms with van der Waals surface area (Å²) >= 11 is 0. The van der Waals surface area contributed by atoms with E-state index in [0.29, 0.717) is 38.2 Å². The summed E-state index contributed by atoms with van der Waals surface area (Å²) in [6, 6.07) is 17.1. The molecular formula is C23H33ClN2O4S. The Balaban J connectivity index is 0.00000341. The van der Waals surface area contributed by atoms with Crippen molar-refractivity contribution < 1.29 is 18.3 Å². The lowest BCUT2D eigenvalue weighted by molar-refractivity contribution is -0.0698. The van der Waals surface area contributed by atoms with E-state index < -0.39 is 15.6 Å². The van der Waals surface area contributed by atoms with Crippen LogP contribution in [0.1, 0.15) is 17.5 Å². The Hall–Kier alpha value is -1.64. The average molecular weight is 469 g/mol. The Morgan fingerprint density at radius 3 is 2.52 bits per heavy atom. The Morgan fingerprint density at radius 1 is 1.16 bits per heavy atom. The number of benzene rings is 2. The maximum Gasteiger partial charge on any atom is 0.214 e. The number of halogens is 1. The lowest BCUT2D eigenvalue weighted by Crippen LogP contribution is -2.54. The van der Waals surface area contributed by atoms with Gasteiger partial charge in [-0.15, -0.1) is 12.4 Å². The minimum atomic E-state index is -3.42. The predicted octanol–water partition coefficient (Wildman–Crippen LogP) is 2.76. The fraction of sp³-hybridized carbons (Fsp3) is 0.478. The topological polar surface area (TPSA) is 70.1 Å². The van der Waals surface area contributed by atoms with Crippen LogP contribution in [0, 0.1) is 5.92 Å². The lowest BCUT2D eigenvalue weighted by atomic mass is 9.76. The number of piperidine rings is 1. The standard InChI is InChI=1S/C23H32N2O4S.ClH/c1-24(2)17-21-18-25(30(27,28)15-12-19-8-5-4-6-9-19)14-13-23(21,26)20-10-7-11-22(16-20)29-3;/h4-11,16,21,26H,12-15,17-18H2,1-3H3;1H. The monoisotopic (exact) mass is 468 g/mol. The van der Waals surface area contributed by atoms with Crippen LogP contribution in [-0.4, -0.2) is 69.3 Å². The maximum absolute atomic E-state index is 13.0. The van der Waals surface area contributed by atoms with Crippen molar-refractivity contribution in [1.82, 2.24) is 9.21 Å². The molecule has 0 saturated carbocycles. The van der Waals surface area contributed by atoms with Crippen LogP contribution in [0.4, 0.5) is 0 Å². The van der Waals surface area contributed by atoms with E-state index >= 15 is 0 Å². The highest BCUT2D eigenvalue weighted by molar-refractivity contribution is 7.89. The molecule has 0 radical (unpaired) electrons. The third-order valence-electron chi connectivity index (χ3n) is 5.88. The Bertz CT molecular complexity index is 940. The quantitative estimate of drug-likeness (QED) is 0.645. The number of sulfonamides is 1. The zero-order valence-electron chi connectivity index (χ0n) is 18.4. The highest BCUT2D eigenvalue weighted by Gasteiger charge is 2.45. The van der Waals surface area contributed by atoms with E-state index in [1.807, 2.05) is 73.6 Å². The lowest BCUT2D eigenvalue weighted by Gasteiger charge is -2.45. The molecule has 1 aliphatic heterocycles. The van der Waals surface area contributed by atoms with Gasteiger partial charge in [0, 0.05) is 25.6 Å². The number of hydrogen-bond acceptors (Lipinski definition) is 5. The SMILES string of the molecule is COc1cccc(C2(O)CCN(S(=O)(=O)CCc3ccccc3)CC2CN(C)C)c1.Cl. The molecule has 1 heterocycles. The molecule has 6 nitrogen and oxygen atoms in total. The Morgan fingerprint density at radius 2 is 1.87 bits per heavy atom. The second kappa shape index (κ2) is 10.8. The van der Waals surface area contributed by atoms with Crippen LogP contribution < -0.4 is 4.74 Å². The van der Waals surface area contributed by atoms with Gasteiger partial charge in [-0.05, 0) is 50.2 Å². The molecule has 2 aromatic rings. The Kier molecular flexibility index (Phi) is 8.92. The van der Waals surface area contributed by atoms with E-state index in [-0.39, 0.29) is 24.1 Å². The van der Waals surface area contributed by atoms with Gasteiger partial charge in [-0.25, -0.2) is 12.7 Å². The molecule has 172 valence electrons.